The number of rotatable bonds is 9. The summed E-state index contributed by atoms with van der Waals surface area (Å²) in [6.07, 6.45) is 0.770. The number of aryl methyl sites for hydroxylation is 1. The molecule has 21 heavy (non-hydrogen) atoms. The lowest BCUT2D eigenvalue weighted by atomic mass is 10.1. The molecule has 4 N–H and O–H groups in total. The summed E-state index contributed by atoms with van der Waals surface area (Å²) in [5.74, 6) is -0.671. The molecule has 0 aromatic heterocycles. The molecule has 1 aromatic rings. The van der Waals surface area contributed by atoms with E-state index in [-0.39, 0.29) is 24.5 Å². The van der Waals surface area contributed by atoms with E-state index in [0.717, 1.165) is 5.56 Å². The third-order valence-electron chi connectivity index (χ3n) is 2.56. The van der Waals surface area contributed by atoms with Gasteiger partial charge in [0.05, 0.1) is 5.75 Å². The van der Waals surface area contributed by atoms with E-state index in [1.807, 2.05) is 6.07 Å². The van der Waals surface area contributed by atoms with Gasteiger partial charge in [0.25, 0.3) is 0 Å². The summed E-state index contributed by atoms with van der Waals surface area (Å²) in [4.78, 5) is 32.8. The first-order chi connectivity index (χ1) is 9.97. The Balaban J connectivity index is 2.39. The van der Waals surface area contributed by atoms with Gasteiger partial charge < -0.3 is 16.2 Å². The number of amides is 2. The van der Waals surface area contributed by atoms with Gasteiger partial charge in [0.15, 0.2) is 0 Å². The fourth-order valence-corrected chi connectivity index (χ4v) is 2.29. The summed E-state index contributed by atoms with van der Waals surface area (Å²) in [5.41, 5.74) is 6.50. The van der Waals surface area contributed by atoms with E-state index in [0.29, 0.717) is 17.9 Å². The molecule has 2 amide bonds. The summed E-state index contributed by atoms with van der Waals surface area (Å²) in [5, 5.41) is 11.4. The monoisotopic (exact) mass is 310 g/mol. The molecule has 0 saturated carbocycles. The van der Waals surface area contributed by atoms with Crippen LogP contribution in [0.3, 0.4) is 0 Å². The third-order valence-corrected chi connectivity index (χ3v) is 3.54. The van der Waals surface area contributed by atoms with Crippen LogP contribution in [-0.2, 0) is 20.8 Å². The van der Waals surface area contributed by atoms with Gasteiger partial charge in [0, 0.05) is 24.3 Å². The minimum absolute atomic E-state index is 0.0567. The lowest BCUT2D eigenvalue weighted by Crippen LogP contribution is -2.15. The zero-order valence-corrected chi connectivity index (χ0v) is 12.3. The smallest absolute Gasteiger partial charge is 0.303 e. The Morgan fingerprint density at radius 1 is 1.24 bits per heavy atom. The maximum Gasteiger partial charge on any atom is 0.303 e. The van der Waals surface area contributed by atoms with Gasteiger partial charge in [-0.05, 0) is 24.1 Å². The second-order valence-corrected chi connectivity index (χ2v) is 5.52. The van der Waals surface area contributed by atoms with Crippen LogP contribution in [0.1, 0.15) is 18.4 Å². The van der Waals surface area contributed by atoms with Crippen LogP contribution < -0.4 is 11.1 Å². The van der Waals surface area contributed by atoms with Crippen LogP contribution in [0.4, 0.5) is 5.69 Å². The highest BCUT2D eigenvalue weighted by Gasteiger charge is 2.05. The number of carboxylic acid groups (broad SMARTS) is 1. The van der Waals surface area contributed by atoms with Crippen LogP contribution in [0.5, 0.6) is 0 Å². The molecule has 0 unspecified atom stereocenters. The SMILES string of the molecule is NC(=O)CSCCC(=O)Nc1cccc(CCC(=O)O)c1. The van der Waals surface area contributed by atoms with Crippen molar-refractivity contribution < 1.29 is 19.5 Å². The highest BCUT2D eigenvalue weighted by atomic mass is 32.2. The van der Waals surface area contributed by atoms with E-state index in [9.17, 15) is 14.4 Å². The van der Waals surface area contributed by atoms with E-state index >= 15 is 0 Å². The van der Waals surface area contributed by atoms with Gasteiger partial charge in [-0.3, -0.25) is 14.4 Å². The molecule has 114 valence electrons. The Labute approximate surface area is 127 Å². The standard InChI is InChI=1S/C14H18N2O4S/c15-12(17)9-21-7-6-13(18)16-11-3-1-2-10(8-11)4-5-14(19)20/h1-3,8H,4-7,9H2,(H2,15,17)(H,16,18)(H,19,20). The summed E-state index contributed by atoms with van der Waals surface area (Å²) >= 11 is 1.31. The van der Waals surface area contributed by atoms with Gasteiger partial charge in [0.1, 0.15) is 0 Å². The zero-order valence-electron chi connectivity index (χ0n) is 11.5. The van der Waals surface area contributed by atoms with Crippen molar-refractivity contribution in [3.8, 4) is 0 Å². The van der Waals surface area contributed by atoms with Crippen molar-refractivity contribution in [2.45, 2.75) is 19.3 Å². The molecule has 7 heteroatoms. The van der Waals surface area contributed by atoms with Gasteiger partial charge >= 0.3 is 5.97 Å². The molecule has 0 saturated heterocycles. The maximum absolute atomic E-state index is 11.7. The maximum atomic E-state index is 11.7. The van der Waals surface area contributed by atoms with Gasteiger partial charge in [-0.2, -0.15) is 11.8 Å². The number of thioether (sulfide) groups is 1. The number of nitrogens with one attached hydrogen (secondary N) is 1. The molecule has 0 radical (unpaired) electrons. The number of primary amides is 1. The number of benzene rings is 1. The first kappa shape index (κ1) is 17.0. The summed E-state index contributed by atoms with van der Waals surface area (Å²) in [7, 11) is 0. The Hall–Kier alpha value is -2.02. The van der Waals surface area contributed by atoms with E-state index < -0.39 is 11.9 Å². The highest BCUT2D eigenvalue weighted by Crippen LogP contribution is 2.13. The van der Waals surface area contributed by atoms with Crippen molar-refractivity contribution in [3.63, 3.8) is 0 Å². The molecule has 0 aliphatic heterocycles. The zero-order chi connectivity index (χ0) is 15.7. The summed E-state index contributed by atoms with van der Waals surface area (Å²) in [6.45, 7) is 0. The summed E-state index contributed by atoms with van der Waals surface area (Å²) in [6, 6.07) is 7.10. The first-order valence-corrected chi connectivity index (χ1v) is 7.59. The largest absolute Gasteiger partial charge is 0.481 e. The van der Waals surface area contributed by atoms with Gasteiger partial charge in [0.2, 0.25) is 11.8 Å². The van der Waals surface area contributed by atoms with Crippen LogP contribution in [0, 0.1) is 0 Å². The molecule has 0 aliphatic rings. The number of carboxylic acids is 1. The van der Waals surface area contributed by atoms with E-state index in [2.05, 4.69) is 5.32 Å². The number of carbonyl (C=O) groups excluding carboxylic acids is 2. The second kappa shape index (κ2) is 9.02. The second-order valence-electron chi connectivity index (χ2n) is 4.41. The number of aliphatic carboxylic acids is 1. The topological polar surface area (TPSA) is 109 Å². The summed E-state index contributed by atoms with van der Waals surface area (Å²) < 4.78 is 0. The number of anilines is 1. The predicted molar refractivity (Wildman–Crippen MR) is 82.2 cm³/mol. The molecule has 0 spiro atoms. The Bertz CT molecular complexity index is 519. The van der Waals surface area contributed by atoms with Crippen molar-refractivity contribution in [1.29, 1.82) is 0 Å². The molecule has 6 nitrogen and oxygen atoms in total. The first-order valence-electron chi connectivity index (χ1n) is 6.44. The molecule has 0 aliphatic carbocycles. The molecular formula is C14H18N2O4S. The Kier molecular flexibility index (Phi) is 7.31. The van der Waals surface area contributed by atoms with Gasteiger partial charge in [-0.25, -0.2) is 0 Å². The molecule has 1 rings (SSSR count). The number of hydrogen-bond acceptors (Lipinski definition) is 4. The Morgan fingerprint density at radius 2 is 2.00 bits per heavy atom. The van der Waals surface area contributed by atoms with Crippen molar-refractivity contribution in [2.24, 2.45) is 5.73 Å². The van der Waals surface area contributed by atoms with E-state index in [4.69, 9.17) is 10.8 Å². The van der Waals surface area contributed by atoms with E-state index in [1.165, 1.54) is 11.8 Å². The van der Waals surface area contributed by atoms with Crippen LogP contribution in [0.2, 0.25) is 0 Å². The molecular weight excluding hydrogens is 292 g/mol. The van der Waals surface area contributed by atoms with Gasteiger partial charge in [-0.1, -0.05) is 12.1 Å². The van der Waals surface area contributed by atoms with Crippen molar-refractivity contribution in [1.82, 2.24) is 0 Å². The van der Waals surface area contributed by atoms with Crippen LogP contribution in [0.25, 0.3) is 0 Å². The third kappa shape index (κ3) is 7.98. The minimum Gasteiger partial charge on any atom is -0.481 e. The molecule has 0 atom stereocenters. The average molecular weight is 310 g/mol. The fraction of sp³-hybridized carbons (Fsp3) is 0.357. The van der Waals surface area contributed by atoms with Crippen molar-refractivity contribution >= 4 is 35.2 Å². The molecule has 0 heterocycles. The lowest BCUT2D eigenvalue weighted by Gasteiger charge is -2.07. The predicted octanol–water partition coefficient (Wildman–Crippen LogP) is 1.25. The number of hydrogen-bond donors (Lipinski definition) is 3. The van der Waals surface area contributed by atoms with Crippen LogP contribution >= 0.6 is 11.8 Å². The van der Waals surface area contributed by atoms with Crippen LogP contribution in [0.15, 0.2) is 24.3 Å². The quantitative estimate of drug-likeness (QED) is 0.595. The van der Waals surface area contributed by atoms with Crippen molar-refractivity contribution in [2.75, 3.05) is 16.8 Å². The highest BCUT2D eigenvalue weighted by molar-refractivity contribution is 7.99. The lowest BCUT2D eigenvalue weighted by molar-refractivity contribution is -0.137. The van der Waals surface area contributed by atoms with E-state index in [1.54, 1.807) is 18.2 Å². The minimum atomic E-state index is -0.851. The Morgan fingerprint density at radius 3 is 2.67 bits per heavy atom. The average Bonchev–Trinajstić information content (AvgIpc) is 2.41. The molecule has 0 bridgehead atoms. The fourth-order valence-electron chi connectivity index (χ4n) is 1.62. The van der Waals surface area contributed by atoms with Crippen LogP contribution in [-0.4, -0.2) is 34.4 Å². The number of carbonyl (C=O) groups is 3. The van der Waals surface area contributed by atoms with Crippen molar-refractivity contribution in [3.05, 3.63) is 29.8 Å². The van der Waals surface area contributed by atoms with Gasteiger partial charge in [-0.15, -0.1) is 0 Å². The molecule has 1 aromatic carbocycles. The molecule has 0 fully saturated rings. The normalized spacial score (nSPS) is 10.1. The number of nitrogens with two attached hydrogens (primary N) is 1.